The zero-order valence-corrected chi connectivity index (χ0v) is 11.3. The summed E-state index contributed by atoms with van der Waals surface area (Å²) in [6, 6.07) is 7.73. The molecule has 1 heterocycles. The van der Waals surface area contributed by atoms with E-state index in [1.165, 1.54) is 30.5 Å². The quantitative estimate of drug-likeness (QED) is 0.407. The van der Waals surface area contributed by atoms with Gasteiger partial charge in [-0.3, -0.25) is 4.98 Å². The Morgan fingerprint density at radius 2 is 1.17 bits per heavy atom. The van der Waals surface area contributed by atoms with Crippen LogP contribution in [0.5, 0.6) is 0 Å². The molecule has 1 nitrogen and oxygen atoms in total. The lowest BCUT2D eigenvalue weighted by Gasteiger charge is -2.23. The molecule has 0 aliphatic heterocycles. The number of hydrogen-bond acceptors (Lipinski definition) is 1. The van der Waals surface area contributed by atoms with Gasteiger partial charge in [0.15, 0.2) is 0 Å². The number of alkyl halides is 6. The first-order valence-electron chi connectivity index (χ1n) is 6.65. The molecule has 1 aliphatic carbocycles. The largest absolute Gasteiger partial charge is 0.380 e. The van der Waals surface area contributed by atoms with E-state index < -0.39 is 28.9 Å². The van der Waals surface area contributed by atoms with Gasteiger partial charge in [-0.25, -0.2) is 0 Å². The molecule has 0 N–H and O–H groups in total. The Hall–Kier alpha value is -2.31. The second kappa shape index (κ2) is 3.96. The maximum atomic E-state index is 14.2. The van der Waals surface area contributed by atoms with Gasteiger partial charge < -0.3 is 0 Å². The van der Waals surface area contributed by atoms with Gasteiger partial charge in [0.25, 0.3) is 0 Å². The Morgan fingerprint density at radius 1 is 0.652 bits per heavy atom. The molecule has 0 amide bonds. The first kappa shape index (κ1) is 14.3. The fraction of sp³-hybridized carbons (Fsp3) is 0.188. The minimum absolute atomic E-state index is 0.00461. The molecule has 1 aliphatic rings. The molecule has 0 spiro atoms. The molecule has 1 aromatic heterocycles. The van der Waals surface area contributed by atoms with Gasteiger partial charge in [-0.2, -0.15) is 26.3 Å². The molecule has 0 bridgehead atoms. The first-order chi connectivity index (χ1) is 10.7. The van der Waals surface area contributed by atoms with E-state index in [1.54, 1.807) is 0 Å². The van der Waals surface area contributed by atoms with Crippen molar-refractivity contribution in [1.82, 2.24) is 4.98 Å². The summed E-state index contributed by atoms with van der Waals surface area (Å²) in [5.41, 5.74) is -2.66. The molecule has 23 heavy (non-hydrogen) atoms. The van der Waals surface area contributed by atoms with Crippen molar-refractivity contribution < 1.29 is 26.3 Å². The number of fused-ring (bicyclic) bond motifs is 6. The van der Waals surface area contributed by atoms with Crippen molar-refractivity contribution in [2.75, 3.05) is 0 Å². The Bertz CT molecular complexity index is 887. The van der Waals surface area contributed by atoms with Crippen molar-refractivity contribution in [1.29, 1.82) is 0 Å². The van der Waals surface area contributed by atoms with Gasteiger partial charge >= 0.3 is 17.8 Å². The Morgan fingerprint density at radius 3 is 1.83 bits per heavy atom. The molecule has 0 radical (unpaired) electrons. The van der Waals surface area contributed by atoms with E-state index in [2.05, 4.69) is 4.98 Å². The lowest BCUT2D eigenvalue weighted by Crippen LogP contribution is -2.43. The van der Waals surface area contributed by atoms with E-state index in [0.29, 0.717) is 0 Å². The van der Waals surface area contributed by atoms with Crippen LogP contribution < -0.4 is 0 Å². The third kappa shape index (κ3) is 1.43. The van der Waals surface area contributed by atoms with Gasteiger partial charge in [0, 0.05) is 28.1 Å². The summed E-state index contributed by atoms with van der Waals surface area (Å²) >= 11 is 0. The predicted molar refractivity (Wildman–Crippen MR) is 72.0 cm³/mol. The van der Waals surface area contributed by atoms with E-state index in [4.69, 9.17) is 0 Å². The van der Waals surface area contributed by atoms with Crippen LogP contribution in [0.1, 0.15) is 11.1 Å². The minimum Gasteiger partial charge on any atom is -0.256 e. The average molecular weight is 327 g/mol. The lowest BCUT2D eigenvalue weighted by molar-refractivity contribution is -0.301. The summed E-state index contributed by atoms with van der Waals surface area (Å²) in [5, 5.41) is -0.589. The highest BCUT2D eigenvalue weighted by molar-refractivity contribution is 6.09. The zero-order chi connectivity index (χ0) is 16.6. The Balaban J connectivity index is 2.36. The topological polar surface area (TPSA) is 12.9 Å². The van der Waals surface area contributed by atoms with Gasteiger partial charge in [-0.15, -0.1) is 0 Å². The van der Waals surface area contributed by atoms with Crippen molar-refractivity contribution in [3.8, 4) is 0 Å². The molecule has 2 aromatic carbocycles. The third-order valence-corrected chi connectivity index (χ3v) is 4.20. The van der Waals surface area contributed by atoms with Crippen LogP contribution in [-0.2, 0) is 11.8 Å². The van der Waals surface area contributed by atoms with E-state index in [9.17, 15) is 26.3 Å². The number of nitrogens with zero attached hydrogens (tertiary/aromatic N) is 1. The normalized spacial score (nSPS) is 20.8. The molecule has 0 unspecified atom stereocenters. The number of halogens is 6. The number of rotatable bonds is 0. The summed E-state index contributed by atoms with van der Waals surface area (Å²) in [4.78, 5) is 3.92. The van der Waals surface area contributed by atoms with Crippen LogP contribution in [0.15, 0.2) is 42.6 Å². The van der Waals surface area contributed by atoms with Crippen LogP contribution in [0.4, 0.5) is 26.3 Å². The fourth-order valence-corrected chi connectivity index (χ4v) is 3.16. The summed E-state index contributed by atoms with van der Waals surface area (Å²) in [6.45, 7) is 0. The van der Waals surface area contributed by atoms with Crippen LogP contribution in [-0.4, -0.2) is 10.9 Å². The van der Waals surface area contributed by atoms with Crippen LogP contribution in [0.3, 0.4) is 0 Å². The summed E-state index contributed by atoms with van der Waals surface area (Å²) in [5.74, 6) is -15.5. The lowest BCUT2D eigenvalue weighted by atomic mass is 9.94. The molecule has 0 fully saturated rings. The van der Waals surface area contributed by atoms with Crippen molar-refractivity contribution in [3.05, 3.63) is 53.7 Å². The number of pyridine rings is 1. The maximum absolute atomic E-state index is 14.2. The molecule has 118 valence electrons. The number of aromatic nitrogens is 1. The SMILES string of the molecule is FC1(F)c2c(c3cccnc3c3ccccc23)C(F)(F)C1(F)F. The smallest absolute Gasteiger partial charge is 0.256 e. The molecule has 0 saturated carbocycles. The van der Waals surface area contributed by atoms with Crippen molar-refractivity contribution in [2.24, 2.45) is 0 Å². The fourth-order valence-electron chi connectivity index (χ4n) is 3.16. The van der Waals surface area contributed by atoms with Crippen molar-refractivity contribution in [2.45, 2.75) is 17.8 Å². The average Bonchev–Trinajstić information content (AvgIpc) is 2.63. The minimum atomic E-state index is -5.50. The number of hydrogen-bond donors (Lipinski definition) is 0. The van der Waals surface area contributed by atoms with E-state index in [0.717, 1.165) is 12.1 Å². The molecule has 0 atom stereocenters. The van der Waals surface area contributed by atoms with E-state index in [-0.39, 0.29) is 21.7 Å². The van der Waals surface area contributed by atoms with Gasteiger partial charge in [0.05, 0.1) is 5.52 Å². The Labute approximate surface area is 125 Å². The molecule has 4 rings (SSSR count). The Kier molecular flexibility index (Phi) is 2.46. The van der Waals surface area contributed by atoms with E-state index in [1.807, 2.05) is 0 Å². The zero-order valence-electron chi connectivity index (χ0n) is 11.3. The highest BCUT2D eigenvalue weighted by Crippen LogP contribution is 2.65. The van der Waals surface area contributed by atoms with Crippen LogP contribution in [0.25, 0.3) is 21.7 Å². The monoisotopic (exact) mass is 327 g/mol. The summed E-state index contributed by atoms with van der Waals surface area (Å²) in [6.07, 6.45) is 1.30. The molecule has 3 aromatic rings. The van der Waals surface area contributed by atoms with Gasteiger partial charge in [0.1, 0.15) is 0 Å². The third-order valence-electron chi connectivity index (χ3n) is 4.20. The van der Waals surface area contributed by atoms with Crippen LogP contribution in [0, 0.1) is 0 Å². The summed E-state index contributed by atoms with van der Waals surface area (Å²) < 4.78 is 84.5. The van der Waals surface area contributed by atoms with Crippen molar-refractivity contribution in [3.63, 3.8) is 0 Å². The molecule has 7 heteroatoms. The first-order valence-corrected chi connectivity index (χ1v) is 6.65. The highest BCUT2D eigenvalue weighted by atomic mass is 19.3. The molecule has 0 saturated heterocycles. The standard InChI is InChI=1S/C16H7F6N/c17-14(18)11-8-4-1-2-5-9(8)13-10(6-3-7-23-13)12(11)15(19,20)16(14,21)22/h1-7H. The van der Waals surface area contributed by atoms with E-state index >= 15 is 0 Å². The highest BCUT2D eigenvalue weighted by Gasteiger charge is 2.79. The van der Waals surface area contributed by atoms with Gasteiger partial charge in [-0.05, 0) is 11.5 Å². The van der Waals surface area contributed by atoms with Crippen LogP contribution >= 0.6 is 0 Å². The second-order valence-electron chi connectivity index (χ2n) is 5.42. The summed E-state index contributed by atoms with van der Waals surface area (Å²) in [7, 11) is 0. The predicted octanol–water partition coefficient (Wildman–Crippen LogP) is 5.22. The maximum Gasteiger partial charge on any atom is 0.380 e. The van der Waals surface area contributed by atoms with Gasteiger partial charge in [-0.1, -0.05) is 30.3 Å². The number of benzene rings is 2. The molecular formula is C16H7F6N. The van der Waals surface area contributed by atoms with Crippen LogP contribution in [0.2, 0.25) is 0 Å². The second-order valence-corrected chi connectivity index (χ2v) is 5.42. The van der Waals surface area contributed by atoms with Crippen molar-refractivity contribution >= 4 is 21.7 Å². The molecular weight excluding hydrogens is 320 g/mol. The van der Waals surface area contributed by atoms with Gasteiger partial charge in [0.2, 0.25) is 0 Å².